The summed E-state index contributed by atoms with van der Waals surface area (Å²) in [6.45, 7) is 0. The van der Waals surface area contributed by atoms with Gasteiger partial charge in [0.25, 0.3) is 0 Å². The quantitative estimate of drug-likeness (QED) is 0.589. The Morgan fingerprint density at radius 3 is 2.53 bits per heavy atom. The summed E-state index contributed by atoms with van der Waals surface area (Å²) in [6.07, 6.45) is 0. The summed E-state index contributed by atoms with van der Waals surface area (Å²) in [4.78, 5) is 22.0. The number of primary amides is 1. The molecule has 0 radical (unpaired) electrons. The number of carbonyl (C=O) groups excluding carboxylic acids is 2. The molecule has 17 heavy (non-hydrogen) atoms. The summed E-state index contributed by atoms with van der Waals surface area (Å²) in [5.41, 5.74) is 5.74. The Bertz CT molecular complexity index is 511. The van der Waals surface area contributed by atoms with Crippen LogP contribution in [0.3, 0.4) is 0 Å². The van der Waals surface area contributed by atoms with E-state index in [1.54, 1.807) is 12.1 Å². The van der Waals surface area contributed by atoms with Crippen LogP contribution >= 0.6 is 0 Å². The molecule has 0 atom stereocenters. The summed E-state index contributed by atoms with van der Waals surface area (Å²) in [5, 5.41) is 0. The van der Waals surface area contributed by atoms with Crippen molar-refractivity contribution in [2.45, 2.75) is 0 Å². The molecule has 88 valence electrons. The molecule has 0 heterocycles. The lowest BCUT2D eigenvalue weighted by molar-refractivity contribution is -0.133. The Morgan fingerprint density at radius 1 is 1.29 bits per heavy atom. The van der Waals surface area contributed by atoms with Gasteiger partial charge in [-0.3, -0.25) is 4.79 Å². The second kappa shape index (κ2) is 5.56. The average molecular weight is 233 g/mol. The van der Waals surface area contributed by atoms with Crippen LogP contribution in [-0.4, -0.2) is 26.1 Å². The maximum Gasteiger partial charge on any atom is 0.384 e. The third kappa shape index (κ3) is 3.24. The largest absolute Gasteiger partial charge is 0.497 e. The number of carbonyl (C=O) groups is 2. The minimum Gasteiger partial charge on any atom is -0.497 e. The monoisotopic (exact) mass is 233 g/mol. The van der Waals surface area contributed by atoms with Crippen LogP contribution in [0.1, 0.15) is 15.9 Å². The zero-order valence-corrected chi connectivity index (χ0v) is 9.44. The van der Waals surface area contributed by atoms with E-state index < -0.39 is 11.9 Å². The molecule has 5 heteroatoms. The first-order valence-electron chi connectivity index (χ1n) is 4.66. The summed E-state index contributed by atoms with van der Waals surface area (Å²) in [5.74, 6) is 3.90. The Labute approximate surface area is 98.5 Å². The van der Waals surface area contributed by atoms with Gasteiger partial charge in [-0.1, -0.05) is 5.92 Å². The van der Waals surface area contributed by atoms with Gasteiger partial charge in [-0.05, 0) is 18.2 Å². The molecule has 0 bridgehead atoms. The van der Waals surface area contributed by atoms with Crippen molar-refractivity contribution in [2.75, 3.05) is 14.2 Å². The van der Waals surface area contributed by atoms with Crippen LogP contribution in [0.4, 0.5) is 0 Å². The van der Waals surface area contributed by atoms with Crippen molar-refractivity contribution in [1.29, 1.82) is 0 Å². The molecule has 0 aliphatic heterocycles. The predicted octanol–water partition coefficient (Wildman–Crippen LogP) is 0.319. The number of rotatable bonds is 2. The van der Waals surface area contributed by atoms with E-state index in [1.807, 2.05) is 0 Å². The van der Waals surface area contributed by atoms with Crippen LogP contribution in [0, 0.1) is 11.8 Å². The number of hydrogen-bond donors (Lipinski definition) is 1. The molecule has 0 aliphatic rings. The first-order chi connectivity index (χ1) is 8.08. The molecule has 0 saturated carbocycles. The van der Waals surface area contributed by atoms with Crippen LogP contribution in [0.5, 0.6) is 5.75 Å². The Kier molecular flexibility index (Phi) is 4.12. The molecule has 1 aromatic carbocycles. The third-order valence-electron chi connectivity index (χ3n) is 1.98. The highest BCUT2D eigenvalue weighted by atomic mass is 16.5. The highest BCUT2D eigenvalue weighted by Crippen LogP contribution is 2.16. The fourth-order valence-electron chi connectivity index (χ4n) is 1.13. The molecule has 2 N–H and O–H groups in total. The number of nitrogens with two attached hydrogens (primary N) is 1. The SMILES string of the molecule is COC(=O)C#Cc1ccc(OC)cc1C(N)=O. The maximum atomic E-state index is 11.2. The van der Waals surface area contributed by atoms with E-state index in [2.05, 4.69) is 16.6 Å². The van der Waals surface area contributed by atoms with Crippen LogP contribution in [0.15, 0.2) is 18.2 Å². The minimum atomic E-state index is -0.684. The molecule has 0 fully saturated rings. The first-order valence-corrected chi connectivity index (χ1v) is 4.66. The normalized spacial score (nSPS) is 8.82. The van der Waals surface area contributed by atoms with Crippen molar-refractivity contribution in [3.63, 3.8) is 0 Å². The van der Waals surface area contributed by atoms with Crippen molar-refractivity contribution < 1.29 is 19.1 Å². The fraction of sp³-hybridized carbons (Fsp3) is 0.167. The molecule has 0 unspecified atom stereocenters. The minimum absolute atomic E-state index is 0.195. The van der Waals surface area contributed by atoms with Crippen molar-refractivity contribution in [3.8, 4) is 17.6 Å². The van der Waals surface area contributed by atoms with E-state index in [1.165, 1.54) is 20.3 Å². The lowest BCUT2D eigenvalue weighted by atomic mass is 10.1. The van der Waals surface area contributed by atoms with Gasteiger partial charge in [-0.2, -0.15) is 0 Å². The molecule has 1 aromatic rings. The smallest absolute Gasteiger partial charge is 0.384 e. The molecule has 0 aliphatic carbocycles. The van der Waals surface area contributed by atoms with Gasteiger partial charge in [-0.25, -0.2) is 4.79 Å². The Balaban J connectivity index is 3.18. The lowest BCUT2D eigenvalue weighted by Gasteiger charge is -2.03. The molecule has 1 amide bonds. The van der Waals surface area contributed by atoms with Gasteiger partial charge in [0, 0.05) is 11.5 Å². The topological polar surface area (TPSA) is 78.6 Å². The molecule has 5 nitrogen and oxygen atoms in total. The van der Waals surface area contributed by atoms with E-state index in [-0.39, 0.29) is 5.56 Å². The van der Waals surface area contributed by atoms with Gasteiger partial charge in [0.2, 0.25) is 5.91 Å². The predicted molar refractivity (Wildman–Crippen MR) is 60.4 cm³/mol. The average Bonchev–Trinajstić information content (AvgIpc) is 2.35. The number of ether oxygens (including phenoxy) is 2. The van der Waals surface area contributed by atoms with Crippen molar-refractivity contribution >= 4 is 11.9 Å². The van der Waals surface area contributed by atoms with Crippen molar-refractivity contribution in [1.82, 2.24) is 0 Å². The van der Waals surface area contributed by atoms with E-state index >= 15 is 0 Å². The van der Waals surface area contributed by atoms with Crippen molar-refractivity contribution in [2.24, 2.45) is 5.73 Å². The summed E-state index contributed by atoms with van der Waals surface area (Å²) in [7, 11) is 2.69. The van der Waals surface area contributed by atoms with Gasteiger partial charge < -0.3 is 15.2 Å². The van der Waals surface area contributed by atoms with Gasteiger partial charge in [0.1, 0.15) is 5.75 Å². The van der Waals surface area contributed by atoms with Gasteiger partial charge in [0.05, 0.1) is 19.8 Å². The number of methoxy groups -OCH3 is 2. The number of benzene rings is 1. The Morgan fingerprint density at radius 2 is 2.00 bits per heavy atom. The van der Waals surface area contributed by atoms with E-state index in [0.29, 0.717) is 11.3 Å². The number of amides is 1. The lowest BCUT2D eigenvalue weighted by Crippen LogP contribution is -2.13. The van der Waals surface area contributed by atoms with E-state index in [0.717, 1.165) is 0 Å². The van der Waals surface area contributed by atoms with Gasteiger partial charge in [-0.15, -0.1) is 0 Å². The maximum absolute atomic E-state index is 11.2. The van der Waals surface area contributed by atoms with Crippen LogP contribution in [0.2, 0.25) is 0 Å². The molecule has 0 aromatic heterocycles. The second-order valence-corrected chi connectivity index (χ2v) is 3.02. The van der Waals surface area contributed by atoms with Gasteiger partial charge >= 0.3 is 5.97 Å². The van der Waals surface area contributed by atoms with E-state index in [9.17, 15) is 9.59 Å². The van der Waals surface area contributed by atoms with Crippen LogP contribution in [0.25, 0.3) is 0 Å². The van der Waals surface area contributed by atoms with Crippen LogP contribution in [-0.2, 0) is 9.53 Å². The Hall–Kier alpha value is -2.48. The third-order valence-corrected chi connectivity index (χ3v) is 1.98. The molecular weight excluding hydrogens is 222 g/mol. The number of esters is 1. The molecule has 1 rings (SSSR count). The highest BCUT2D eigenvalue weighted by molar-refractivity contribution is 5.97. The molecule has 0 saturated heterocycles. The van der Waals surface area contributed by atoms with Crippen molar-refractivity contribution in [3.05, 3.63) is 29.3 Å². The zero-order chi connectivity index (χ0) is 12.8. The summed E-state index contributed by atoms with van der Waals surface area (Å²) >= 11 is 0. The zero-order valence-electron chi connectivity index (χ0n) is 9.44. The molecular formula is C12H11NO4. The van der Waals surface area contributed by atoms with Crippen LogP contribution < -0.4 is 10.5 Å². The molecule has 0 spiro atoms. The van der Waals surface area contributed by atoms with Gasteiger partial charge in [0.15, 0.2) is 0 Å². The second-order valence-electron chi connectivity index (χ2n) is 3.02. The summed E-state index contributed by atoms with van der Waals surface area (Å²) in [6, 6.07) is 4.63. The summed E-state index contributed by atoms with van der Waals surface area (Å²) < 4.78 is 9.32. The number of hydrogen-bond acceptors (Lipinski definition) is 4. The standard InChI is InChI=1S/C12H11NO4/c1-16-9-5-3-8(4-6-11(14)17-2)10(7-9)12(13)15/h3,5,7H,1-2H3,(H2,13,15). The highest BCUT2D eigenvalue weighted by Gasteiger charge is 2.08. The first kappa shape index (κ1) is 12.6. The fourth-order valence-corrected chi connectivity index (χ4v) is 1.13. The van der Waals surface area contributed by atoms with E-state index in [4.69, 9.17) is 10.5 Å².